The Morgan fingerprint density at radius 3 is 2.94 bits per heavy atom. The standard InChI is InChI=1S/C11H9N3OS2/c1-7-13-14-10(15-7)6-16-11-12-8-4-2-3-5-9(8)17-11/h2-5H,6H2,1H3. The summed E-state index contributed by atoms with van der Waals surface area (Å²) >= 11 is 3.31. The minimum atomic E-state index is 0.602. The molecule has 0 fully saturated rings. The van der Waals surface area contributed by atoms with Crippen LogP contribution in [-0.2, 0) is 5.75 Å². The maximum absolute atomic E-state index is 5.31. The lowest BCUT2D eigenvalue weighted by molar-refractivity contribution is 0.485. The molecular formula is C11H9N3OS2. The number of hydrogen-bond acceptors (Lipinski definition) is 6. The minimum Gasteiger partial charge on any atom is -0.425 e. The third-order valence-corrected chi connectivity index (χ3v) is 4.33. The van der Waals surface area contributed by atoms with Gasteiger partial charge < -0.3 is 4.42 Å². The smallest absolute Gasteiger partial charge is 0.226 e. The molecule has 0 aliphatic carbocycles. The van der Waals surface area contributed by atoms with Crippen LogP contribution in [-0.4, -0.2) is 15.2 Å². The largest absolute Gasteiger partial charge is 0.425 e. The Balaban J connectivity index is 1.76. The molecule has 0 aliphatic rings. The van der Waals surface area contributed by atoms with Gasteiger partial charge in [-0.05, 0) is 12.1 Å². The zero-order chi connectivity index (χ0) is 11.7. The number of fused-ring (bicyclic) bond motifs is 1. The first-order valence-corrected chi connectivity index (χ1v) is 6.89. The Labute approximate surface area is 106 Å². The van der Waals surface area contributed by atoms with Gasteiger partial charge in [-0.3, -0.25) is 0 Å². The van der Waals surface area contributed by atoms with Crippen LogP contribution in [0.25, 0.3) is 10.2 Å². The van der Waals surface area contributed by atoms with Gasteiger partial charge in [0.2, 0.25) is 11.8 Å². The Kier molecular flexibility index (Phi) is 2.82. The van der Waals surface area contributed by atoms with Crippen molar-refractivity contribution in [2.75, 3.05) is 0 Å². The summed E-state index contributed by atoms with van der Waals surface area (Å²) in [4.78, 5) is 4.53. The SMILES string of the molecule is Cc1nnc(CSc2nc3ccccc3s2)o1. The summed E-state index contributed by atoms with van der Waals surface area (Å²) in [5.41, 5.74) is 1.04. The van der Waals surface area contributed by atoms with E-state index in [1.54, 1.807) is 30.0 Å². The van der Waals surface area contributed by atoms with Crippen molar-refractivity contribution in [2.24, 2.45) is 0 Å². The highest BCUT2D eigenvalue weighted by atomic mass is 32.2. The summed E-state index contributed by atoms with van der Waals surface area (Å²) in [6, 6.07) is 8.12. The molecule has 17 heavy (non-hydrogen) atoms. The Morgan fingerprint density at radius 2 is 2.18 bits per heavy atom. The van der Waals surface area contributed by atoms with Crippen LogP contribution in [0.5, 0.6) is 0 Å². The number of hydrogen-bond donors (Lipinski definition) is 0. The molecule has 2 heterocycles. The topological polar surface area (TPSA) is 51.8 Å². The molecule has 2 aromatic heterocycles. The average Bonchev–Trinajstić information content (AvgIpc) is 2.91. The van der Waals surface area contributed by atoms with E-state index in [2.05, 4.69) is 21.2 Å². The predicted molar refractivity (Wildman–Crippen MR) is 68.2 cm³/mol. The van der Waals surface area contributed by atoms with Gasteiger partial charge >= 0.3 is 0 Å². The van der Waals surface area contributed by atoms with Crippen molar-refractivity contribution in [3.05, 3.63) is 36.0 Å². The molecule has 0 spiro atoms. The van der Waals surface area contributed by atoms with Crippen molar-refractivity contribution < 1.29 is 4.42 Å². The fraction of sp³-hybridized carbons (Fsp3) is 0.182. The predicted octanol–water partition coefficient (Wildman–Crippen LogP) is 3.28. The zero-order valence-electron chi connectivity index (χ0n) is 9.08. The maximum Gasteiger partial charge on any atom is 0.226 e. The number of thioether (sulfide) groups is 1. The summed E-state index contributed by atoms with van der Waals surface area (Å²) in [7, 11) is 0. The van der Waals surface area contributed by atoms with Crippen LogP contribution in [0.3, 0.4) is 0 Å². The van der Waals surface area contributed by atoms with E-state index >= 15 is 0 Å². The second kappa shape index (κ2) is 4.46. The van der Waals surface area contributed by atoms with Gasteiger partial charge in [0.25, 0.3) is 0 Å². The van der Waals surface area contributed by atoms with Gasteiger partial charge in [-0.15, -0.1) is 21.5 Å². The summed E-state index contributed by atoms with van der Waals surface area (Å²) in [6.45, 7) is 1.79. The first kappa shape index (κ1) is 10.7. The van der Waals surface area contributed by atoms with Gasteiger partial charge in [-0.2, -0.15) is 0 Å². The van der Waals surface area contributed by atoms with Crippen LogP contribution >= 0.6 is 23.1 Å². The Bertz CT molecular complexity index is 614. The fourth-order valence-corrected chi connectivity index (χ4v) is 3.34. The number of aryl methyl sites for hydroxylation is 1. The van der Waals surface area contributed by atoms with E-state index in [4.69, 9.17) is 4.42 Å². The molecule has 1 aromatic carbocycles. The van der Waals surface area contributed by atoms with Gasteiger partial charge in [0.15, 0.2) is 4.34 Å². The molecule has 0 N–H and O–H groups in total. The van der Waals surface area contributed by atoms with Crippen molar-refractivity contribution in [3.63, 3.8) is 0 Å². The third-order valence-electron chi connectivity index (χ3n) is 2.16. The molecular weight excluding hydrogens is 254 g/mol. The van der Waals surface area contributed by atoms with Gasteiger partial charge in [0.05, 0.1) is 16.0 Å². The highest BCUT2D eigenvalue weighted by Gasteiger charge is 2.07. The Morgan fingerprint density at radius 1 is 1.29 bits per heavy atom. The molecule has 0 unspecified atom stereocenters. The number of rotatable bonds is 3. The van der Waals surface area contributed by atoms with E-state index in [1.807, 2.05) is 18.2 Å². The Hall–Kier alpha value is -1.40. The van der Waals surface area contributed by atoms with E-state index in [0.29, 0.717) is 17.5 Å². The molecule has 0 radical (unpaired) electrons. The molecule has 4 nitrogen and oxygen atoms in total. The lowest BCUT2D eigenvalue weighted by Gasteiger charge is -1.90. The second-order valence-corrected chi connectivity index (χ2v) is 5.70. The number of benzene rings is 1. The number of nitrogens with zero attached hydrogens (tertiary/aromatic N) is 3. The van der Waals surface area contributed by atoms with E-state index in [9.17, 15) is 0 Å². The molecule has 86 valence electrons. The highest BCUT2D eigenvalue weighted by Crippen LogP contribution is 2.30. The monoisotopic (exact) mass is 263 g/mol. The van der Waals surface area contributed by atoms with Crippen LogP contribution in [0.2, 0.25) is 0 Å². The lowest BCUT2D eigenvalue weighted by atomic mass is 10.3. The van der Waals surface area contributed by atoms with Crippen LogP contribution in [0.4, 0.5) is 0 Å². The van der Waals surface area contributed by atoms with Crippen LogP contribution in [0.15, 0.2) is 33.0 Å². The summed E-state index contributed by atoms with van der Waals surface area (Å²) < 4.78 is 7.55. The quantitative estimate of drug-likeness (QED) is 0.679. The van der Waals surface area contributed by atoms with Gasteiger partial charge in [0, 0.05) is 6.92 Å². The first-order chi connectivity index (χ1) is 8.31. The second-order valence-electron chi connectivity index (χ2n) is 3.45. The van der Waals surface area contributed by atoms with E-state index in [1.165, 1.54) is 4.70 Å². The zero-order valence-corrected chi connectivity index (χ0v) is 10.7. The number of para-hydroxylation sites is 1. The van der Waals surface area contributed by atoms with Crippen molar-refractivity contribution in [1.29, 1.82) is 0 Å². The molecule has 0 aliphatic heterocycles. The number of thiazole rings is 1. The lowest BCUT2D eigenvalue weighted by Crippen LogP contribution is -1.79. The fourth-order valence-electron chi connectivity index (χ4n) is 1.43. The van der Waals surface area contributed by atoms with E-state index < -0.39 is 0 Å². The molecule has 6 heteroatoms. The molecule has 0 saturated carbocycles. The molecule has 3 aromatic rings. The van der Waals surface area contributed by atoms with Crippen LogP contribution < -0.4 is 0 Å². The van der Waals surface area contributed by atoms with Crippen LogP contribution in [0, 0.1) is 6.92 Å². The van der Waals surface area contributed by atoms with E-state index in [-0.39, 0.29) is 0 Å². The summed E-state index contributed by atoms with van der Waals surface area (Å²) in [6.07, 6.45) is 0. The molecule has 3 rings (SSSR count). The van der Waals surface area contributed by atoms with Gasteiger partial charge in [-0.25, -0.2) is 4.98 Å². The molecule has 0 amide bonds. The number of aromatic nitrogens is 3. The summed E-state index contributed by atoms with van der Waals surface area (Å²) in [5.74, 6) is 1.91. The minimum absolute atomic E-state index is 0.602. The van der Waals surface area contributed by atoms with Crippen LogP contribution in [0.1, 0.15) is 11.8 Å². The average molecular weight is 263 g/mol. The molecule has 0 saturated heterocycles. The summed E-state index contributed by atoms with van der Waals surface area (Å²) in [5, 5.41) is 7.75. The van der Waals surface area contributed by atoms with Gasteiger partial charge in [-0.1, -0.05) is 23.9 Å². The van der Waals surface area contributed by atoms with E-state index in [0.717, 1.165) is 9.86 Å². The third kappa shape index (κ3) is 2.32. The van der Waals surface area contributed by atoms with Crippen molar-refractivity contribution in [3.8, 4) is 0 Å². The maximum atomic E-state index is 5.31. The van der Waals surface area contributed by atoms with Crippen molar-refractivity contribution >= 4 is 33.3 Å². The first-order valence-electron chi connectivity index (χ1n) is 5.08. The molecule has 0 bridgehead atoms. The van der Waals surface area contributed by atoms with Crippen molar-refractivity contribution in [1.82, 2.24) is 15.2 Å². The highest BCUT2D eigenvalue weighted by molar-refractivity contribution is 8.00. The van der Waals surface area contributed by atoms with Gasteiger partial charge in [0.1, 0.15) is 0 Å². The normalized spacial score (nSPS) is 11.1. The van der Waals surface area contributed by atoms with Crippen molar-refractivity contribution in [2.45, 2.75) is 17.0 Å². The molecule has 0 atom stereocenters.